The minimum Gasteiger partial charge on any atom is -0.294 e. The molecule has 0 bridgehead atoms. The number of aryl methyl sites for hydroxylation is 3. The molecule has 1 aromatic heterocycles. The molecule has 0 unspecified atom stereocenters. The number of hydrogen-bond acceptors (Lipinski definition) is 2. The first kappa shape index (κ1) is 13.4. The Balaban J connectivity index is 2.14. The lowest BCUT2D eigenvalue weighted by Gasteiger charge is -2.05. The van der Waals surface area contributed by atoms with E-state index in [1.54, 1.807) is 24.1 Å². The van der Waals surface area contributed by atoms with Gasteiger partial charge in [0.1, 0.15) is 11.6 Å². The number of aromatic nitrogens is 2. The van der Waals surface area contributed by atoms with E-state index < -0.39 is 23.0 Å². The zero-order valence-corrected chi connectivity index (χ0v) is 10.8. The van der Waals surface area contributed by atoms with Crippen LogP contribution in [0.1, 0.15) is 27.9 Å². The topological polar surface area (TPSA) is 34.9 Å². The van der Waals surface area contributed by atoms with Crippen LogP contribution >= 0.6 is 0 Å². The van der Waals surface area contributed by atoms with Gasteiger partial charge in [-0.3, -0.25) is 9.48 Å². The second-order valence-corrected chi connectivity index (χ2v) is 4.50. The van der Waals surface area contributed by atoms with Gasteiger partial charge in [-0.2, -0.15) is 5.10 Å². The van der Waals surface area contributed by atoms with E-state index >= 15 is 0 Å². The maximum Gasteiger partial charge on any atom is 0.169 e. The zero-order chi connectivity index (χ0) is 14.0. The van der Waals surface area contributed by atoms with Crippen LogP contribution in [0.25, 0.3) is 0 Å². The van der Waals surface area contributed by atoms with E-state index in [-0.39, 0.29) is 12.0 Å². The molecule has 0 atom stereocenters. The first-order valence-electron chi connectivity index (χ1n) is 5.94. The van der Waals surface area contributed by atoms with Crippen LogP contribution in [0, 0.1) is 18.6 Å². The first-order chi connectivity index (χ1) is 8.99. The van der Waals surface area contributed by atoms with Gasteiger partial charge in [-0.25, -0.2) is 8.78 Å². The molecule has 1 heterocycles. The molecular formula is C14H14F2N2O. The van der Waals surface area contributed by atoms with Crippen molar-refractivity contribution in [2.24, 2.45) is 7.05 Å². The van der Waals surface area contributed by atoms with Gasteiger partial charge in [0.25, 0.3) is 0 Å². The van der Waals surface area contributed by atoms with Crippen molar-refractivity contribution in [3.63, 3.8) is 0 Å². The third kappa shape index (κ3) is 2.86. The van der Waals surface area contributed by atoms with Crippen LogP contribution in [-0.4, -0.2) is 15.6 Å². The van der Waals surface area contributed by atoms with Gasteiger partial charge >= 0.3 is 0 Å². The van der Waals surface area contributed by atoms with E-state index in [2.05, 4.69) is 5.10 Å². The Bertz CT molecular complexity index is 620. The summed E-state index contributed by atoms with van der Waals surface area (Å²) in [5, 5.41) is 3.97. The Kier molecular flexibility index (Phi) is 3.74. The summed E-state index contributed by atoms with van der Waals surface area (Å²) < 4.78 is 28.9. The predicted molar refractivity (Wildman–Crippen MR) is 67.0 cm³/mol. The highest BCUT2D eigenvalue weighted by Crippen LogP contribution is 2.18. The van der Waals surface area contributed by atoms with E-state index in [1.165, 1.54) is 13.0 Å². The normalized spacial score (nSPS) is 10.7. The van der Waals surface area contributed by atoms with Crippen LogP contribution < -0.4 is 0 Å². The van der Waals surface area contributed by atoms with Gasteiger partial charge in [0.05, 0.1) is 11.8 Å². The average Bonchev–Trinajstić information content (AvgIpc) is 2.78. The Morgan fingerprint density at radius 1 is 1.37 bits per heavy atom. The molecular weight excluding hydrogens is 250 g/mol. The van der Waals surface area contributed by atoms with E-state index in [4.69, 9.17) is 0 Å². The lowest BCUT2D eigenvalue weighted by molar-refractivity contribution is 0.0974. The summed E-state index contributed by atoms with van der Waals surface area (Å²) in [6.45, 7) is 1.51. The van der Waals surface area contributed by atoms with Crippen molar-refractivity contribution in [2.75, 3.05) is 0 Å². The number of nitrogens with zero attached hydrogens (tertiary/aromatic N) is 2. The minimum atomic E-state index is -0.806. The third-order valence-corrected chi connectivity index (χ3v) is 2.96. The fourth-order valence-corrected chi connectivity index (χ4v) is 1.90. The maximum atomic E-state index is 13.8. The van der Waals surface area contributed by atoms with E-state index in [0.717, 1.165) is 11.6 Å². The van der Waals surface area contributed by atoms with Crippen molar-refractivity contribution >= 4 is 5.78 Å². The molecule has 5 heteroatoms. The van der Waals surface area contributed by atoms with Gasteiger partial charge in [0.2, 0.25) is 0 Å². The second-order valence-electron chi connectivity index (χ2n) is 4.50. The molecule has 19 heavy (non-hydrogen) atoms. The monoisotopic (exact) mass is 264 g/mol. The van der Waals surface area contributed by atoms with Gasteiger partial charge in [0, 0.05) is 19.7 Å². The predicted octanol–water partition coefficient (Wildman–Crippen LogP) is 2.82. The van der Waals surface area contributed by atoms with Gasteiger partial charge < -0.3 is 0 Å². The Morgan fingerprint density at radius 3 is 2.74 bits per heavy atom. The first-order valence-corrected chi connectivity index (χ1v) is 5.94. The SMILES string of the molecule is Cc1ccc(F)c(C(=O)CCc2cnn(C)c2)c1F. The molecule has 1 aromatic carbocycles. The molecule has 0 N–H and O–H groups in total. The molecule has 0 aliphatic heterocycles. The van der Waals surface area contributed by atoms with Crippen molar-refractivity contribution < 1.29 is 13.6 Å². The molecule has 0 aliphatic rings. The number of ketones is 1. The molecule has 0 amide bonds. The summed E-state index contributed by atoms with van der Waals surface area (Å²) in [6.07, 6.45) is 3.88. The maximum absolute atomic E-state index is 13.8. The minimum absolute atomic E-state index is 0.0585. The highest BCUT2D eigenvalue weighted by molar-refractivity contribution is 5.96. The third-order valence-electron chi connectivity index (χ3n) is 2.96. The smallest absolute Gasteiger partial charge is 0.169 e. The number of rotatable bonds is 4. The van der Waals surface area contributed by atoms with Crippen LogP contribution in [0.3, 0.4) is 0 Å². The molecule has 0 spiro atoms. The molecule has 2 rings (SSSR count). The molecule has 3 nitrogen and oxygen atoms in total. The number of carbonyl (C=O) groups excluding carboxylic acids is 1. The molecule has 0 saturated heterocycles. The molecule has 0 aliphatic carbocycles. The molecule has 100 valence electrons. The summed E-state index contributed by atoms with van der Waals surface area (Å²) in [5.41, 5.74) is 0.694. The van der Waals surface area contributed by atoms with Crippen molar-refractivity contribution in [3.05, 3.63) is 52.9 Å². The van der Waals surface area contributed by atoms with Crippen molar-refractivity contribution in [3.8, 4) is 0 Å². The number of halogens is 2. The standard InChI is InChI=1S/C14H14F2N2O/c1-9-3-5-11(15)13(14(9)16)12(19)6-4-10-7-17-18(2)8-10/h3,5,7-8H,4,6H2,1-2H3. The Morgan fingerprint density at radius 2 is 2.11 bits per heavy atom. The summed E-state index contributed by atoms with van der Waals surface area (Å²) in [7, 11) is 1.77. The molecule has 0 radical (unpaired) electrons. The fraction of sp³-hybridized carbons (Fsp3) is 0.286. The highest BCUT2D eigenvalue weighted by Gasteiger charge is 2.18. The van der Waals surface area contributed by atoms with Crippen molar-refractivity contribution in [2.45, 2.75) is 19.8 Å². The lowest BCUT2D eigenvalue weighted by Crippen LogP contribution is -2.08. The fourth-order valence-electron chi connectivity index (χ4n) is 1.90. The number of Topliss-reactive ketones (excluding diaryl/α,β-unsaturated/α-hetero) is 1. The van der Waals surface area contributed by atoms with Gasteiger partial charge in [-0.1, -0.05) is 6.07 Å². The number of hydrogen-bond donors (Lipinski definition) is 0. The van der Waals surface area contributed by atoms with E-state index in [0.29, 0.717) is 6.42 Å². The summed E-state index contributed by atoms with van der Waals surface area (Å²) in [4.78, 5) is 11.9. The Labute approximate surface area is 109 Å². The Hall–Kier alpha value is -2.04. The number of benzene rings is 1. The summed E-state index contributed by atoms with van der Waals surface area (Å²) in [5.74, 6) is -2.10. The van der Waals surface area contributed by atoms with Crippen molar-refractivity contribution in [1.82, 2.24) is 9.78 Å². The molecule has 0 fully saturated rings. The van der Waals surface area contributed by atoms with Gasteiger partial charge in [-0.05, 0) is 30.5 Å². The van der Waals surface area contributed by atoms with Gasteiger partial charge in [0.15, 0.2) is 5.78 Å². The summed E-state index contributed by atoms with van der Waals surface area (Å²) in [6, 6.07) is 2.44. The lowest BCUT2D eigenvalue weighted by atomic mass is 10.0. The van der Waals surface area contributed by atoms with Crippen molar-refractivity contribution in [1.29, 1.82) is 0 Å². The molecule has 0 saturated carbocycles. The van der Waals surface area contributed by atoms with E-state index in [9.17, 15) is 13.6 Å². The second kappa shape index (κ2) is 5.30. The number of carbonyl (C=O) groups is 1. The van der Waals surface area contributed by atoms with Crippen LogP contribution in [0.5, 0.6) is 0 Å². The highest BCUT2D eigenvalue weighted by atomic mass is 19.1. The largest absolute Gasteiger partial charge is 0.294 e. The van der Waals surface area contributed by atoms with Crippen LogP contribution in [0.15, 0.2) is 24.5 Å². The van der Waals surface area contributed by atoms with Crippen LogP contribution in [-0.2, 0) is 13.5 Å². The quantitative estimate of drug-likeness (QED) is 0.796. The summed E-state index contributed by atoms with van der Waals surface area (Å²) >= 11 is 0. The van der Waals surface area contributed by atoms with Crippen LogP contribution in [0.2, 0.25) is 0 Å². The molecule has 2 aromatic rings. The average molecular weight is 264 g/mol. The van der Waals surface area contributed by atoms with E-state index in [1.807, 2.05) is 0 Å². The van der Waals surface area contributed by atoms with Crippen LogP contribution in [0.4, 0.5) is 8.78 Å². The zero-order valence-electron chi connectivity index (χ0n) is 10.8. The van der Waals surface area contributed by atoms with Gasteiger partial charge in [-0.15, -0.1) is 0 Å².